The molecule has 33 heavy (non-hydrogen) atoms. The van der Waals surface area contributed by atoms with E-state index in [2.05, 4.69) is 4.90 Å². The smallest absolute Gasteiger partial charge is 0.269 e. The Morgan fingerprint density at radius 3 is 2.27 bits per heavy atom. The SMILES string of the molecule is O=C(CSCc1cccc([N+](=O)[O-])c1)N(Cc1ccc(F)cc1)C12CC3CC(CC(C3)C1)C2. The highest BCUT2D eigenvalue weighted by Crippen LogP contribution is 2.58. The maximum Gasteiger partial charge on any atom is 0.269 e. The Balaban J connectivity index is 1.32. The van der Waals surface area contributed by atoms with Gasteiger partial charge in [0.15, 0.2) is 0 Å². The summed E-state index contributed by atoms with van der Waals surface area (Å²) < 4.78 is 13.5. The Morgan fingerprint density at radius 1 is 1.03 bits per heavy atom. The molecule has 0 aliphatic heterocycles. The van der Waals surface area contributed by atoms with Gasteiger partial charge in [-0.15, -0.1) is 11.8 Å². The number of rotatable bonds is 8. The average Bonchev–Trinajstić information content (AvgIpc) is 2.77. The standard InChI is InChI=1S/C26H29FN2O3S/c27-23-6-4-18(5-7-23)15-28(26-12-20-8-21(13-26)10-22(9-20)14-26)25(30)17-33-16-19-2-1-3-24(11-19)29(31)32/h1-7,11,20-22H,8-10,12-17H2. The number of amides is 1. The number of carbonyl (C=O) groups is 1. The lowest BCUT2D eigenvalue weighted by Crippen LogP contribution is -2.61. The van der Waals surface area contributed by atoms with Gasteiger partial charge >= 0.3 is 0 Å². The second-order valence-corrected chi connectivity index (χ2v) is 11.2. The van der Waals surface area contributed by atoms with Crippen molar-refractivity contribution < 1.29 is 14.1 Å². The molecule has 4 bridgehead atoms. The summed E-state index contributed by atoms with van der Waals surface area (Å²) in [5, 5.41) is 11.0. The van der Waals surface area contributed by atoms with Crippen LogP contribution in [0.25, 0.3) is 0 Å². The summed E-state index contributed by atoms with van der Waals surface area (Å²) in [5.74, 6) is 2.91. The van der Waals surface area contributed by atoms with Crippen LogP contribution in [0.4, 0.5) is 10.1 Å². The van der Waals surface area contributed by atoms with Crippen LogP contribution in [-0.2, 0) is 17.1 Å². The Labute approximate surface area is 197 Å². The highest BCUT2D eigenvalue weighted by atomic mass is 32.2. The number of halogens is 1. The number of hydrogen-bond acceptors (Lipinski definition) is 4. The highest BCUT2D eigenvalue weighted by molar-refractivity contribution is 7.99. The van der Waals surface area contributed by atoms with Gasteiger partial charge in [0.25, 0.3) is 5.69 Å². The van der Waals surface area contributed by atoms with Gasteiger partial charge in [-0.25, -0.2) is 4.39 Å². The first-order chi connectivity index (χ1) is 15.9. The summed E-state index contributed by atoms with van der Waals surface area (Å²) in [6.07, 6.45) is 7.17. The van der Waals surface area contributed by atoms with E-state index in [9.17, 15) is 19.3 Å². The predicted molar refractivity (Wildman–Crippen MR) is 127 cm³/mol. The fourth-order valence-corrected chi connectivity index (χ4v) is 7.63. The fraction of sp³-hybridized carbons (Fsp3) is 0.500. The molecular weight excluding hydrogens is 439 g/mol. The fourth-order valence-electron chi connectivity index (χ4n) is 6.78. The summed E-state index contributed by atoms with van der Waals surface area (Å²) in [7, 11) is 0. The van der Waals surface area contributed by atoms with Crippen molar-refractivity contribution in [1.29, 1.82) is 0 Å². The lowest BCUT2D eigenvalue weighted by Gasteiger charge is -2.60. The molecule has 2 aromatic carbocycles. The largest absolute Gasteiger partial charge is 0.332 e. The Kier molecular flexibility index (Phi) is 6.16. The molecule has 2 aromatic rings. The monoisotopic (exact) mass is 468 g/mol. The summed E-state index contributed by atoms with van der Waals surface area (Å²) in [6.45, 7) is 0.517. The lowest BCUT2D eigenvalue weighted by atomic mass is 9.52. The summed E-state index contributed by atoms with van der Waals surface area (Å²) in [4.78, 5) is 26.4. The van der Waals surface area contributed by atoms with Crippen LogP contribution in [0.5, 0.6) is 0 Å². The first-order valence-electron chi connectivity index (χ1n) is 11.8. The van der Waals surface area contributed by atoms with Crippen LogP contribution in [-0.4, -0.2) is 27.0 Å². The molecule has 4 saturated carbocycles. The van der Waals surface area contributed by atoms with Gasteiger partial charge in [-0.1, -0.05) is 24.3 Å². The van der Waals surface area contributed by atoms with E-state index in [0.29, 0.717) is 18.1 Å². The van der Waals surface area contributed by atoms with Gasteiger partial charge in [0, 0.05) is 30.0 Å². The first kappa shape index (κ1) is 22.4. The molecule has 4 fully saturated rings. The van der Waals surface area contributed by atoms with Crippen LogP contribution in [0.1, 0.15) is 49.7 Å². The zero-order chi connectivity index (χ0) is 23.0. The van der Waals surface area contributed by atoms with Crippen LogP contribution in [0.3, 0.4) is 0 Å². The number of nitro groups is 1. The van der Waals surface area contributed by atoms with E-state index >= 15 is 0 Å². The second-order valence-electron chi connectivity index (χ2n) is 10.2. The predicted octanol–water partition coefficient (Wildman–Crippen LogP) is 5.96. The maximum absolute atomic E-state index is 13.6. The van der Waals surface area contributed by atoms with E-state index in [1.165, 1.54) is 49.2 Å². The van der Waals surface area contributed by atoms with Crippen LogP contribution >= 0.6 is 11.8 Å². The molecule has 0 saturated heterocycles. The zero-order valence-corrected chi connectivity index (χ0v) is 19.4. The van der Waals surface area contributed by atoms with E-state index in [4.69, 9.17) is 0 Å². The van der Waals surface area contributed by atoms with E-state index in [0.717, 1.165) is 48.1 Å². The van der Waals surface area contributed by atoms with Crippen LogP contribution < -0.4 is 0 Å². The third-order valence-corrected chi connectivity index (χ3v) is 8.74. The van der Waals surface area contributed by atoms with Crippen molar-refractivity contribution in [3.63, 3.8) is 0 Å². The molecule has 174 valence electrons. The van der Waals surface area contributed by atoms with Crippen LogP contribution in [0.2, 0.25) is 0 Å². The normalized spacial score (nSPS) is 27.5. The van der Waals surface area contributed by atoms with Crippen molar-refractivity contribution in [2.45, 2.75) is 56.4 Å². The van der Waals surface area contributed by atoms with Gasteiger partial charge in [-0.2, -0.15) is 0 Å². The Morgan fingerprint density at radius 2 is 1.67 bits per heavy atom. The van der Waals surface area contributed by atoms with E-state index < -0.39 is 4.92 Å². The topological polar surface area (TPSA) is 63.4 Å². The van der Waals surface area contributed by atoms with Crippen molar-refractivity contribution in [2.75, 3.05) is 5.75 Å². The minimum Gasteiger partial charge on any atom is -0.332 e. The molecule has 1 amide bonds. The average molecular weight is 469 g/mol. The molecule has 0 unspecified atom stereocenters. The van der Waals surface area contributed by atoms with Crippen molar-refractivity contribution in [2.24, 2.45) is 17.8 Å². The minimum absolute atomic E-state index is 0.0749. The zero-order valence-electron chi connectivity index (χ0n) is 18.6. The molecule has 0 atom stereocenters. The molecule has 5 nitrogen and oxygen atoms in total. The van der Waals surface area contributed by atoms with Crippen LogP contribution in [0.15, 0.2) is 48.5 Å². The van der Waals surface area contributed by atoms with E-state index in [-0.39, 0.29) is 23.0 Å². The van der Waals surface area contributed by atoms with Gasteiger partial charge in [-0.05, 0) is 79.5 Å². The van der Waals surface area contributed by atoms with Crippen molar-refractivity contribution >= 4 is 23.4 Å². The molecule has 0 heterocycles. The molecule has 0 aromatic heterocycles. The third kappa shape index (κ3) is 4.79. The Hall–Kier alpha value is -2.41. The molecule has 4 aliphatic carbocycles. The number of hydrogen-bond donors (Lipinski definition) is 0. The highest BCUT2D eigenvalue weighted by Gasteiger charge is 2.54. The van der Waals surface area contributed by atoms with Crippen molar-refractivity contribution in [3.05, 3.63) is 75.6 Å². The minimum atomic E-state index is -0.392. The number of benzene rings is 2. The molecule has 0 radical (unpaired) electrons. The van der Waals surface area contributed by atoms with E-state index in [1.54, 1.807) is 24.3 Å². The van der Waals surface area contributed by atoms with Crippen molar-refractivity contribution in [3.8, 4) is 0 Å². The third-order valence-electron chi connectivity index (χ3n) is 7.75. The van der Waals surface area contributed by atoms with Crippen LogP contribution in [0, 0.1) is 33.7 Å². The number of non-ortho nitro benzene ring substituents is 1. The van der Waals surface area contributed by atoms with Gasteiger partial charge in [-0.3, -0.25) is 14.9 Å². The first-order valence-corrected chi connectivity index (χ1v) is 12.9. The van der Waals surface area contributed by atoms with E-state index in [1.807, 2.05) is 6.07 Å². The quantitative estimate of drug-likeness (QED) is 0.354. The second kappa shape index (κ2) is 9.09. The molecule has 0 spiro atoms. The number of thioether (sulfide) groups is 1. The summed E-state index contributed by atoms with van der Waals surface area (Å²) >= 11 is 1.51. The van der Waals surface area contributed by atoms with Gasteiger partial charge in [0.1, 0.15) is 5.82 Å². The Bertz CT molecular complexity index is 1010. The number of carbonyl (C=O) groups excluding carboxylic acids is 1. The van der Waals surface area contributed by atoms with Gasteiger partial charge < -0.3 is 4.90 Å². The molecule has 0 N–H and O–H groups in total. The van der Waals surface area contributed by atoms with Gasteiger partial charge in [0.2, 0.25) is 5.91 Å². The molecular formula is C26H29FN2O3S. The van der Waals surface area contributed by atoms with Gasteiger partial charge in [0.05, 0.1) is 10.7 Å². The summed E-state index contributed by atoms with van der Waals surface area (Å²) in [5.41, 5.74) is 1.81. The number of nitro benzene ring substituents is 1. The molecule has 6 rings (SSSR count). The lowest BCUT2D eigenvalue weighted by molar-refractivity contribution is -0.384. The number of nitrogens with zero attached hydrogens (tertiary/aromatic N) is 2. The summed E-state index contributed by atoms with van der Waals surface area (Å²) in [6, 6.07) is 13.1. The van der Waals surface area contributed by atoms with Crippen molar-refractivity contribution in [1.82, 2.24) is 4.90 Å². The molecule has 7 heteroatoms. The maximum atomic E-state index is 13.6. The molecule has 4 aliphatic rings.